The SMILES string of the molecule is CN[C@@H](C)C(=O)NC(C(=O)N1CCC[C@H]1c1nc(-c2c(OCCOCCNC(=O)C[C@@H]3N=C(c4ccc(Cl)cc4)c4c(sc(C)c4C)-n4c(C)nnc43)ccc3ccccc23)cs1)C1CCCCC1. The Hall–Kier alpha value is -5.52. The largest absolute Gasteiger partial charge is 0.490 e. The van der Waals surface area contributed by atoms with Crippen LogP contribution < -0.4 is 20.7 Å². The zero-order valence-electron chi connectivity index (χ0n) is 39.8. The second-order valence-corrected chi connectivity index (χ2v) is 20.8. The molecule has 2 fully saturated rings. The minimum absolute atomic E-state index is 0.00720. The fourth-order valence-electron chi connectivity index (χ4n) is 9.87. The number of likely N-dealkylation sites (tertiary alicyclic amines) is 1. The average Bonchev–Trinajstić information content (AvgIpc) is 4.17. The number of hydrogen-bond acceptors (Lipinski definition) is 12. The van der Waals surface area contributed by atoms with Gasteiger partial charge in [-0.25, -0.2) is 4.98 Å². The van der Waals surface area contributed by atoms with Crippen molar-refractivity contribution >= 4 is 68.5 Å². The normalized spacial score (nSPS) is 18.0. The second-order valence-electron chi connectivity index (χ2n) is 18.2. The summed E-state index contributed by atoms with van der Waals surface area (Å²) in [5.41, 5.74) is 5.54. The molecule has 9 rings (SSSR count). The number of thiophene rings is 1. The van der Waals surface area contributed by atoms with Gasteiger partial charge in [0.25, 0.3) is 0 Å². The van der Waals surface area contributed by atoms with Crippen molar-refractivity contribution in [2.24, 2.45) is 10.9 Å². The molecule has 3 N–H and O–H groups in total. The van der Waals surface area contributed by atoms with Crippen molar-refractivity contribution in [2.45, 2.75) is 103 Å². The fraction of sp³-hybridized carbons (Fsp3) is 0.442. The summed E-state index contributed by atoms with van der Waals surface area (Å²) in [6, 6.07) is 18.2. The van der Waals surface area contributed by atoms with E-state index in [1.165, 1.54) is 4.88 Å². The number of aryl methyl sites for hydroxylation is 2. The molecule has 1 saturated heterocycles. The molecule has 14 nitrogen and oxygen atoms in total. The van der Waals surface area contributed by atoms with Crippen LogP contribution in [0.1, 0.15) is 109 Å². The van der Waals surface area contributed by atoms with Gasteiger partial charge < -0.3 is 30.3 Å². The molecule has 3 aliphatic rings. The number of carbonyl (C=O) groups is 3. The molecule has 1 unspecified atom stereocenters. The van der Waals surface area contributed by atoms with Crippen LogP contribution in [0.2, 0.25) is 5.02 Å². The first-order chi connectivity index (χ1) is 33.5. The number of fused-ring (bicyclic) bond motifs is 4. The highest BCUT2D eigenvalue weighted by atomic mass is 35.5. The van der Waals surface area contributed by atoms with E-state index in [1.807, 2.05) is 71.8 Å². The molecule has 6 aromatic rings. The maximum atomic E-state index is 14.5. The summed E-state index contributed by atoms with van der Waals surface area (Å²) in [5, 5.41) is 24.8. The molecule has 5 heterocycles. The number of nitrogens with one attached hydrogen (secondary N) is 3. The first-order valence-electron chi connectivity index (χ1n) is 24.1. The molecule has 0 radical (unpaired) electrons. The summed E-state index contributed by atoms with van der Waals surface area (Å²) < 4.78 is 14.4. The predicted octanol–water partition coefficient (Wildman–Crippen LogP) is 9.01. The zero-order valence-corrected chi connectivity index (χ0v) is 42.2. The number of nitrogens with zero attached hydrogens (tertiary/aromatic N) is 6. The molecule has 2 aliphatic heterocycles. The van der Waals surface area contributed by atoms with Gasteiger partial charge in [-0.3, -0.25) is 23.9 Å². The van der Waals surface area contributed by atoms with E-state index < -0.39 is 18.1 Å². The molecule has 362 valence electrons. The van der Waals surface area contributed by atoms with Crippen LogP contribution in [0.15, 0.2) is 71.0 Å². The van der Waals surface area contributed by atoms with Crippen molar-refractivity contribution in [3.63, 3.8) is 0 Å². The molecule has 0 bridgehead atoms. The molecule has 0 spiro atoms. The average molecular weight is 991 g/mol. The lowest BCUT2D eigenvalue weighted by Crippen LogP contribution is -2.55. The van der Waals surface area contributed by atoms with Gasteiger partial charge in [0.05, 0.1) is 48.7 Å². The summed E-state index contributed by atoms with van der Waals surface area (Å²) >= 11 is 9.51. The van der Waals surface area contributed by atoms with Gasteiger partial charge in [0.15, 0.2) is 5.82 Å². The van der Waals surface area contributed by atoms with E-state index >= 15 is 0 Å². The van der Waals surface area contributed by atoms with Gasteiger partial charge in [-0.1, -0.05) is 73.3 Å². The van der Waals surface area contributed by atoms with Gasteiger partial charge in [0, 0.05) is 39.5 Å². The van der Waals surface area contributed by atoms with Crippen LogP contribution in [-0.4, -0.2) is 100 Å². The fourth-order valence-corrected chi connectivity index (χ4v) is 12.2. The van der Waals surface area contributed by atoms with E-state index in [4.69, 9.17) is 31.1 Å². The lowest BCUT2D eigenvalue weighted by Gasteiger charge is -2.35. The predicted molar refractivity (Wildman–Crippen MR) is 273 cm³/mol. The van der Waals surface area contributed by atoms with E-state index in [2.05, 4.69) is 57.5 Å². The third-order valence-corrected chi connectivity index (χ3v) is 16.2. The van der Waals surface area contributed by atoms with Crippen molar-refractivity contribution in [3.8, 4) is 22.0 Å². The monoisotopic (exact) mass is 989 g/mol. The highest BCUT2D eigenvalue weighted by molar-refractivity contribution is 7.15. The third kappa shape index (κ3) is 10.4. The molecular weight excluding hydrogens is 930 g/mol. The number of aliphatic imine (C=N–C) groups is 1. The maximum absolute atomic E-state index is 14.5. The van der Waals surface area contributed by atoms with Gasteiger partial charge in [-0.15, -0.1) is 32.9 Å². The molecule has 3 aromatic heterocycles. The molecule has 3 amide bonds. The number of likely N-dealkylation sites (N-methyl/N-ethyl adjacent to an activating group) is 1. The van der Waals surface area contributed by atoms with E-state index in [1.54, 1.807) is 29.7 Å². The summed E-state index contributed by atoms with van der Waals surface area (Å²) in [5.74, 6) is 1.83. The van der Waals surface area contributed by atoms with Crippen LogP contribution >= 0.6 is 34.3 Å². The van der Waals surface area contributed by atoms with E-state index in [9.17, 15) is 14.4 Å². The highest BCUT2D eigenvalue weighted by Crippen LogP contribution is 2.43. The minimum Gasteiger partial charge on any atom is -0.490 e. The summed E-state index contributed by atoms with van der Waals surface area (Å²) in [6.07, 6.45) is 6.93. The third-order valence-electron chi connectivity index (χ3n) is 13.8. The Balaban J connectivity index is 0.833. The van der Waals surface area contributed by atoms with Crippen molar-refractivity contribution in [1.29, 1.82) is 0 Å². The first kappa shape index (κ1) is 48.5. The molecule has 3 aromatic carbocycles. The van der Waals surface area contributed by atoms with Gasteiger partial charge >= 0.3 is 0 Å². The molecule has 69 heavy (non-hydrogen) atoms. The minimum atomic E-state index is -0.569. The number of hydrogen-bond donors (Lipinski definition) is 3. The van der Waals surface area contributed by atoms with Gasteiger partial charge in [-0.05, 0) is 101 Å². The first-order valence-corrected chi connectivity index (χ1v) is 26.2. The quantitative estimate of drug-likeness (QED) is 0.0757. The van der Waals surface area contributed by atoms with Crippen LogP contribution in [0.25, 0.3) is 27.0 Å². The topological polar surface area (TPSA) is 165 Å². The smallest absolute Gasteiger partial charge is 0.246 e. The van der Waals surface area contributed by atoms with Crippen molar-refractivity contribution < 1.29 is 23.9 Å². The Morgan fingerprint density at radius 3 is 2.51 bits per heavy atom. The number of halogens is 1. The number of carbonyl (C=O) groups excluding carboxylic acids is 3. The Kier molecular flexibility index (Phi) is 15.2. The summed E-state index contributed by atoms with van der Waals surface area (Å²) in [6.45, 7) is 9.76. The van der Waals surface area contributed by atoms with Crippen LogP contribution in [0.3, 0.4) is 0 Å². The van der Waals surface area contributed by atoms with Crippen molar-refractivity contribution in [1.82, 2.24) is 40.6 Å². The standard InChI is InChI=1S/C52H60ClN9O5S2/c1-30-32(3)69-52-44(30)46(36-17-20-37(53)21-18-36)56-39(48-60-59-33(4)62(48)52)28-43(63)55-23-25-66-26-27-67-42-22-19-34-12-9-10-15-38(34)45(42)40-29-68-50(57-40)41-16-11-24-61(41)51(65)47(35-13-7-6-8-14-35)58-49(64)31(2)54-5/h9-10,12,15,17-22,29,31,35,39,41,47,54H,6-8,11,13-14,16,23-28H2,1-5H3,(H,55,63)(H,58,64)/t31-,39-,41-,47?/m0/s1. The van der Waals surface area contributed by atoms with E-state index in [0.29, 0.717) is 42.9 Å². The zero-order chi connectivity index (χ0) is 48.2. The lowest BCUT2D eigenvalue weighted by molar-refractivity contribution is -0.139. The molecule has 1 aliphatic carbocycles. The molecule has 17 heteroatoms. The molecule has 4 atom stereocenters. The van der Waals surface area contributed by atoms with Gasteiger partial charge in [0.1, 0.15) is 40.3 Å². The Labute approximate surface area is 416 Å². The number of aromatic nitrogens is 4. The number of benzene rings is 3. The number of ether oxygens (including phenoxy) is 2. The lowest BCUT2D eigenvalue weighted by atomic mass is 9.83. The van der Waals surface area contributed by atoms with Gasteiger partial charge in [-0.2, -0.15) is 0 Å². The Morgan fingerprint density at radius 2 is 1.71 bits per heavy atom. The number of rotatable bonds is 17. The molecular formula is C52H60ClN9O5S2. The van der Waals surface area contributed by atoms with Crippen molar-refractivity contribution in [3.05, 3.63) is 109 Å². The Bertz CT molecular complexity index is 2850. The molecule has 1 saturated carbocycles. The maximum Gasteiger partial charge on any atom is 0.246 e. The summed E-state index contributed by atoms with van der Waals surface area (Å²) in [7, 11) is 1.76. The summed E-state index contributed by atoms with van der Waals surface area (Å²) in [4.78, 5) is 54.7. The number of thiazole rings is 1. The van der Waals surface area contributed by atoms with Crippen LogP contribution in [0.4, 0.5) is 0 Å². The van der Waals surface area contributed by atoms with Crippen LogP contribution in [0.5, 0.6) is 5.75 Å². The van der Waals surface area contributed by atoms with Crippen molar-refractivity contribution in [2.75, 3.05) is 40.0 Å². The Morgan fingerprint density at radius 1 is 0.913 bits per heavy atom. The number of amides is 3. The van der Waals surface area contributed by atoms with Crippen LogP contribution in [0, 0.1) is 26.7 Å². The van der Waals surface area contributed by atoms with E-state index in [-0.39, 0.29) is 42.7 Å². The second kappa shape index (κ2) is 21.6. The van der Waals surface area contributed by atoms with E-state index in [0.717, 1.165) is 105 Å². The van der Waals surface area contributed by atoms with Gasteiger partial charge in [0.2, 0.25) is 17.7 Å². The van der Waals surface area contributed by atoms with Crippen LogP contribution in [-0.2, 0) is 19.1 Å². The highest BCUT2D eigenvalue weighted by Gasteiger charge is 2.40.